The van der Waals surface area contributed by atoms with Gasteiger partial charge in [-0.2, -0.15) is 0 Å². The lowest BCUT2D eigenvalue weighted by molar-refractivity contribution is 0.0600. The summed E-state index contributed by atoms with van der Waals surface area (Å²) in [5.41, 5.74) is 3.93. The monoisotopic (exact) mass is 464 g/mol. The molecule has 0 radical (unpaired) electrons. The summed E-state index contributed by atoms with van der Waals surface area (Å²) in [5.74, 6) is 0.581. The smallest absolute Gasteiger partial charge is 0.337 e. The fourth-order valence-corrected chi connectivity index (χ4v) is 4.07. The number of aromatic hydroxyl groups is 1. The predicted molar refractivity (Wildman–Crippen MR) is 128 cm³/mol. The van der Waals surface area contributed by atoms with Gasteiger partial charge >= 0.3 is 5.97 Å². The van der Waals surface area contributed by atoms with E-state index in [0.717, 1.165) is 22.6 Å². The predicted octanol–water partition coefficient (Wildman–Crippen LogP) is 5.45. The van der Waals surface area contributed by atoms with Crippen LogP contribution in [0.4, 0.5) is 0 Å². The third-order valence-electron chi connectivity index (χ3n) is 5.55. The molecule has 170 valence electrons. The standard InChI is InChI=1S/C26H25ClN2O4/c1-3-33-20-11-8-16(9-12-20)22-15-23(21-14-19(27)10-13-24(21)30)29-25(28-22)17-4-6-18(7-5-17)26(31)32-2/h4-14,23,25,29-30H,3,15H2,1-2H3/t23-,25-/m0/s1. The normalized spacial score (nSPS) is 17.8. The van der Waals surface area contributed by atoms with E-state index in [1.807, 2.05) is 43.3 Å². The SMILES string of the molecule is CCOc1ccc(C2=N[C@H](c3ccc(C(=O)OC)cc3)N[C@H](c3cc(Cl)ccc3O)C2)cc1. The van der Waals surface area contributed by atoms with Crippen molar-refractivity contribution in [3.05, 3.63) is 94.0 Å². The van der Waals surface area contributed by atoms with Crippen molar-refractivity contribution < 1.29 is 19.4 Å². The number of nitrogens with one attached hydrogen (secondary N) is 1. The highest BCUT2D eigenvalue weighted by Gasteiger charge is 2.28. The number of hydrogen-bond donors (Lipinski definition) is 2. The van der Waals surface area contributed by atoms with E-state index in [1.54, 1.807) is 30.3 Å². The van der Waals surface area contributed by atoms with Gasteiger partial charge in [-0.25, -0.2) is 4.79 Å². The molecule has 33 heavy (non-hydrogen) atoms. The maximum atomic E-state index is 11.8. The molecule has 0 aliphatic carbocycles. The maximum absolute atomic E-state index is 11.8. The van der Waals surface area contributed by atoms with Crippen molar-refractivity contribution in [2.75, 3.05) is 13.7 Å². The van der Waals surface area contributed by atoms with Crippen molar-refractivity contribution in [1.29, 1.82) is 0 Å². The van der Waals surface area contributed by atoms with Crippen molar-refractivity contribution in [2.24, 2.45) is 4.99 Å². The quantitative estimate of drug-likeness (QED) is 0.474. The van der Waals surface area contributed by atoms with Crippen LogP contribution in [0.2, 0.25) is 5.02 Å². The Balaban J connectivity index is 1.71. The summed E-state index contributed by atoms with van der Waals surface area (Å²) in [6, 6.07) is 19.8. The lowest BCUT2D eigenvalue weighted by Crippen LogP contribution is -2.33. The lowest BCUT2D eigenvalue weighted by atomic mass is 9.93. The minimum atomic E-state index is -0.390. The molecule has 1 aliphatic rings. The Labute approximate surface area is 197 Å². The number of hydrogen-bond acceptors (Lipinski definition) is 6. The molecule has 3 aromatic carbocycles. The fourth-order valence-electron chi connectivity index (χ4n) is 3.89. The van der Waals surface area contributed by atoms with Gasteiger partial charge in [-0.15, -0.1) is 0 Å². The third kappa shape index (κ3) is 5.18. The molecule has 0 aromatic heterocycles. The molecule has 0 fully saturated rings. The van der Waals surface area contributed by atoms with E-state index < -0.39 is 5.97 Å². The van der Waals surface area contributed by atoms with E-state index in [-0.39, 0.29) is 18.0 Å². The van der Waals surface area contributed by atoms with Gasteiger partial charge in [-0.3, -0.25) is 10.3 Å². The minimum absolute atomic E-state index is 0.171. The van der Waals surface area contributed by atoms with Crippen molar-refractivity contribution >= 4 is 23.3 Å². The van der Waals surface area contributed by atoms with Gasteiger partial charge in [-0.1, -0.05) is 23.7 Å². The number of rotatable bonds is 6. The Kier molecular flexibility index (Phi) is 6.96. The molecule has 1 aliphatic heterocycles. The number of halogens is 1. The first-order valence-corrected chi connectivity index (χ1v) is 11.1. The Hall–Kier alpha value is -3.35. The molecule has 2 atom stereocenters. The average Bonchev–Trinajstić information content (AvgIpc) is 2.85. The van der Waals surface area contributed by atoms with Crippen LogP contribution in [0.5, 0.6) is 11.5 Å². The molecule has 0 spiro atoms. The van der Waals surface area contributed by atoms with Crippen LogP contribution in [-0.2, 0) is 4.74 Å². The average molecular weight is 465 g/mol. The molecule has 0 unspecified atom stereocenters. The zero-order valence-electron chi connectivity index (χ0n) is 18.4. The topological polar surface area (TPSA) is 80.2 Å². The first kappa shape index (κ1) is 22.8. The summed E-state index contributed by atoms with van der Waals surface area (Å²) in [5, 5.41) is 14.6. The number of phenolic OH excluding ortho intramolecular Hbond substituents is 1. The summed E-state index contributed by atoms with van der Waals surface area (Å²) in [6.45, 7) is 2.55. The number of ether oxygens (including phenoxy) is 2. The minimum Gasteiger partial charge on any atom is -0.508 e. The summed E-state index contributed by atoms with van der Waals surface area (Å²) >= 11 is 6.22. The largest absolute Gasteiger partial charge is 0.508 e. The number of nitrogens with zero attached hydrogens (tertiary/aromatic N) is 1. The highest BCUT2D eigenvalue weighted by atomic mass is 35.5. The van der Waals surface area contributed by atoms with Gasteiger partial charge in [0.05, 0.1) is 19.3 Å². The van der Waals surface area contributed by atoms with Gasteiger partial charge in [0.2, 0.25) is 0 Å². The van der Waals surface area contributed by atoms with Crippen LogP contribution < -0.4 is 10.1 Å². The first-order valence-electron chi connectivity index (χ1n) is 10.7. The number of phenols is 1. The molecule has 1 heterocycles. The van der Waals surface area contributed by atoms with E-state index >= 15 is 0 Å². The van der Waals surface area contributed by atoms with E-state index in [1.165, 1.54) is 7.11 Å². The third-order valence-corrected chi connectivity index (χ3v) is 5.79. The molecule has 6 nitrogen and oxygen atoms in total. The Morgan fingerprint density at radius 3 is 2.52 bits per heavy atom. The van der Waals surface area contributed by atoms with E-state index in [2.05, 4.69) is 5.32 Å². The Morgan fingerprint density at radius 1 is 1.12 bits per heavy atom. The van der Waals surface area contributed by atoms with Crippen molar-refractivity contribution in [3.63, 3.8) is 0 Å². The summed E-state index contributed by atoms with van der Waals surface area (Å²) in [4.78, 5) is 16.8. The fraction of sp³-hybridized carbons (Fsp3) is 0.231. The van der Waals surface area contributed by atoms with Crippen LogP contribution in [0, 0.1) is 0 Å². The van der Waals surface area contributed by atoms with Gasteiger partial charge in [-0.05, 0) is 72.6 Å². The number of methoxy groups -OCH3 is 1. The summed E-state index contributed by atoms with van der Waals surface area (Å²) in [7, 11) is 1.36. The van der Waals surface area contributed by atoms with Gasteiger partial charge in [0.25, 0.3) is 0 Å². The second-order valence-corrected chi connectivity index (χ2v) is 8.11. The van der Waals surface area contributed by atoms with Crippen molar-refractivity contribution in [2.45, 2.75) is 25.6 Å². The summed E-state index contributed by atoms with van der Waals surface area (Å²) in [6.07, 6.45) is 0.189. The number of carbonyl (C=O) groups excluding carboxylic acids is 1. The van der Waals surface area contributed by atoms with Gasteiger partial charge in [0.1, 0.15) is 17.7 Å². The highest BCUT2D eigenvalue weighted by molar-refractivity contribution is 6.30. The van der Waals surface area contributed by atoms with Crippen LogP contribution in [-0.4, -0.2) is 30.5 Å². The highest BCUT2D eigenvalue weighted by Crippen LogP contribution is 2.36. The number of aliphatic imine (C=N–C) groups is 1. The van der Waals surface area contributed by atoms with Crippen molar-refractivity contribution in [3.8, 4) is 11.5 Å². The summed E-state index contributed by atoms with van der Waals surface area (Å²) < 4.78 is 10.4. The maximum Gasteiger partial charge on any atom is 0.337 e. The van der Waals surface area contributed by atoms with E-state index in [9.17, 15) is 9.90 Å². The van der Waals surface area contributed by atoms with E-state index in [0.29, 0.717) is 29.2 Å². The van der Waals surface area contributed by atoms with Crippen LogP contribution in [0.25, 0.3) is 0 Å². The van der Waals surface area contributed by atoms with Gasteiger partial charge in [0, 0.05) is 28.8 Å². The van der Waals surface area contributed by atoms with Crippen LogP contribution in [0.15, 0.2) is 71.7 Å². The Bertz CT molecular complexity index is 1160. The zero-order valence-corrected chi connectivity index (χ0v) is 19.2. The Morgan fingerprint density at radius 2 is 1.85 bits per heavy atom. The number of esters is 1. The molecule has 0 bridgehead atoms. The zero-order chi connectivity index (χ0) is 23.4. The molecule has 4 rings (SSSR count). The number of carbonyl (C=O) groups is 1. The molecule has 2 N–H and O–H groups in total. The van der Waals surface area contributed by atoms with Gasteiger partial charge < -0.3 is 14.6 Å². The molecular formula is C26H25ClN2O4. The molecular weight excluding hydrogens is 440 g/mol. The molecule has 0 saturated carbocycles. The molecule has 0 saturated heterocycles. The van der Waals surface area contributed by atoms with E-state index in [4.69, 9.17) is 26.1 Å². The molecule has 3 aromatic rings. The van der Waals surface area contributed by atoms with Crippen molar-refractivity contribution in [1.82, 2.24) is 5.32 Å². The second kappa shape index (κ2) is 10.1. The van der Waals surface area contributed by atoms with Gasteiger partial charge in [0.15, 0.2) is 0 Å². The lowest BCUT2D eigenvalue weighted by Gasteiger charge is -2.31. The first-order chi connectivity index (χ1) is 16.0. The van der Waals surface area contributed by atoms with Crippen LogP contribution in [0.3, 0.4) is 0 Å². The number of benzene rings is 3. The molecule has 7 heteroatoms. The van der Waals surface area contributed by atoms with Crippen LogP contribution in [0.1, 0.15) is 52.6 Å². The second-order valence-electron chi connectivity index (χ2n) is 7.68. The van der Waals surface area contributed by atoms with Crippen LogP contribution >= 0.6 is 11.6 Å². The molecule has 0 amide bonds.